The van der Waals surface area contributed by atoms with Crippen LogP contribution in [-0.4, -0.2) is 7.11 Å². The summed E-state index contributed by atoms with van der Waals surface area (Å²) in [6, 6.07) is 17.2. The molecular weight excluding hydrogens is 234 g/mol. The highest BCUT2D eigenvalue weighted by Gasteiger charge is 2.09. The number of benzene rings is 2. The van der Waals surface area contributed by atoms with Gasteiger partial charge in [-0.15, -0.1) is 0 Å². The maximum Gasteiger partial charge on any atom is 0.0572 e. The first-order valence-electron chi connectivity index (χ1n) is 6.66. The molecule has 0 saturated heterocycles. The average Bonchev–Trinajstić information content (AvgIpc) is 2.45. The Balaban J connectivity index is 2.42. The molecule has 2 aromatic rings. The van der Waals surface area contributed by atoms with Crippen LogP contribution < -0.4 is 5.48 Å². The molecule has 2 nitrogen and oxygen atoms in total. The van der Waals surface area contributed by atoms with Crippen LogP contribution >= 0.6 is 0 Å². The van der Waals surface area contributed by atoms with Gasteiger partial charge in [0.05, 0.1) is 7.11 Å². The van der Waals surface area contributed by atoms with E-state index in [1.807, 2.05) is 0 Å². The van der Waals surface area contributed by atoms with Crippen LogP contribution in [-0.2, 0) is 11.4 Å². The van der Waals surface area contributed by atoms with Crippen molar-refractivity contribution in [2.24, 2.45) is 0 Å². The van der Waals surface area contributed by atoms with Gasteiger partial charge in [-0.05, 0) is 34.2 Å². The summed E-state index contributed by atoms with van der Waals surface area (Å²) in [6.45, 7) is 5.18. The van der Waals surface area contributed by atoms with E-state index in [-0.39, 0.29) is 0 Å². The first-order chi connectivity index (χ1) is 9.22. The van der Waals surface area contributed by atoms with Gasteiger partial charge in [-0.25, -0.2) is 0 Å². The highest BCUT2D eigenvalue weighted by molar-refractivity contribution is 5.68. The van der Waals surface area contributed by atoms with Crippen LogP contribution in [0.25, 0.3) is 11.1 Å². The van der Waals surface area contributed by atoms with Gasteiger partial charge < -0.3 is 4.84 Å². The molecule has 0 aliphatic carbocycles. The van der Waals surface area contributed by atoms with E-state index in [1.54, 1.807) is 7.11 Å². The summed E-state index contributed by atoms with van der Waals surface area (Å²) in [4.78, 5) is 4.92. The molecule has 1 N–H and O–H groups in total. The fraction of sp³-hybridized carbons (Fsp3) is 0.294. The average molecular weight is 255 g/mol. The lowest BCUT2D eigenvalue weighted by molar-refractivity contribution is 0.0867. The molecule has 0 spiro atoms. The molecule has 2 heteroatoms. The van der Waals surface area contributed by atoms with Crippen molar-refractivity contribution in [2.75, 3.05) is 7.11 Å². The second-order valence-corrected chi connectivity index (χ2v) is 4.97. The summed E-state index contributed by atoms with van der Waals surface area (Å²) < 4.78 is 0. The summed E-state index contributed by atoms with van der Waals surface area (Å²) in [5.74, 6) is 0.514. The van der Waals surface area contributed by atoms with Crippen molar-refractivity contribution in [3.63, 3.8) is 0 Å². The van der Waals surface area contributed by atoms with Crippen LogP contribution in [0.3, 0.4) is 0 Å². The third-order valence-corrected chi connectivity index (χ3v) is 3.25. The molecule has 2 rings (SSSR count). The lowest BCUT2D eigenvalue weighted by atomic mass is 9.91. The van der Waals surface area contributed by atoms with Gasteiger partial charge in [0.2, 0.25) is 0 Å². The monoisotopic (exact) mass is 255 g/mol. The molecule has 0 saturated carbocycles. The van der Waals surface area contributed by atoms with Gasteiger partial charge in [-0.3, -0.25) is 0 Å². The third kappa shape index (κ3) is 3.43. The van der Waals surface area contributed by atoms with E-state index in [1.165, 1.54) is 22.3 Å². The van der Waals surface area contributed by atoms with Gasteiger partial charge in [0.1, 0.15) is 0 Å². The molecule has 19 heavy (non-hydrogen) atoms. The number of nitrogens with one attached hydrogen (secondary N) is 1. The van der Waals surface area contributed by atoms with E-state index >= 15 is 0 Å². The second kappa shape index (κ2) is 6.50. The van der Waals surface area contributed by atoms with Crippen LogP contribution in [0.5, 0.6) is 0 Å². The molecule has 0 aliphatic heterocycles. The van der Waals surface area contributed by atoms with Crippen LogP contribution in [0.4, 0.5) is 0 Å². The number of hydrogen-bond acceptors (Lipinski definition) is 2. The Morgan fingerprint density at radius 2 is 1.79 bits per heavy atom. The normalized spacial score (nSPS) is 10.9. The Bertz CT molecular complexity index is 520. The zero-order chi connectivity index (χ0) is 13.7. The van der Waals surface area contributed by atoms with E-state index in [9.17, 15) is 0 Å². The second-order valence-electron chi connectivity index (χ2n) is 4.97. The van der Waals surface area contributed by atoms with Crippen LogP contribution in [0.15, 0.2) is 48.5 Å². The number of hydrogen-bond donors (Lipinski definition) is 1. The molecule has 0 radical (unpaired) electrons. The zero-order valence-electron chi connectivity index (χ0n) is 11.8. The summed E-state index contributed by atoms with van der Waals surface area (Å²) in [5, 5.41) is 0. The van der Waals surface area contributed by atoms with Gasteiger partial charge >= 0.3 is 0 Å². The molecule has 0 aromatic heterocycles. The van der Waals surface area contributed by atoms with E-state index in [0.29, 0.717) is 12.5 Å². The Labute approximate surface area is 115 Å². The summed E-state index contributed by atoms with van der Waals surface area (Å²) in [5.41, 5.74) is 8.08. The number of rotatable bonds is 5. The Hall–Kier alpha value is -1.64. The third-order valence-electron chi connectivity index (χ3n) is 3.25. The van der Waals surface area contributed by atoms with E-state index < -0.39 is 0 Å². The Kier molecular flexibility index (Phi) is 4.72. The molecule has 2 aromatic carbocycles. The van der Waals surface area contributed by atoms with Gasteiger partial charge in [-0.1, -0.05) is 56.3 Å². The molecular formula is C17H21NO. The fourth-order valence-corrected chi connectivity index (χ4v) is 2.24. The molecule has 0 amide bonds. The van der Waals surface area contributed by atoms with Gasteiger partial charge in [0, 0.05) is 6.54 Å². The van der Waals surface area contributed by atoms with E-state index in [2.05, 4.69) is 67.9 Å². The Morgan fingerprint density at radius 3 is 2.42 bits per heavy atom. The maximum atomic E-state index is 4.92. The molecule has 0 heterocycles. The van der Waals surface area contributed by atoms with Gasteiger partial charge in [0.25, 0.3) is 0 Å². The minimum Gasteiger partial charge on any atom is -0.305 e. The number of hydroxylamine groups is 1. The predicted octanol–water partition coefficient (Wildman–Crippen LogP) is 4.13. The molecule has 0 aliphatic rings. The molecule has 0 fully saturated rings. The van der Waals surface area contributed by atoms with Crippen molar-refractivity contribution < 1.29 is 4.84 Å². The van der Waals surface area contributed by atoms with Crippen molar-refractivity contribution in [1.29, 1.82) is 0 Å². The highest BCUT2D eigenvalue weighted by Crippen LogP contribution is 2.30. The predicted molar refractivity (Wildman–Crippen MR) is 79.8 cm³/mol. The molecule has 100 valence electrons. The SMILES string of the molecule is CONCc1ccc(C(C)C)c(-c2ccccc2)c1. The zero-order valence-corrected chi connectivity index (χ0v) is 11.8. The highest BCUT2D eigenvalue weighted by atomic mass is 16.6. The lowest BCUT2D eigenvalue weighted by Gasteiger charge is -2.15. The van der Waals surface area contributed by atoms with Crippen molar-refractivity contribution in [3.05, 3.63) is 59.7 Å². The van der Waals surface area contributed by atoms with E-state index in [4.69, 9.17) is 4.84 Å². The van der Waals surface area contributed by atoms with Crippen LogP contribution in [0.2, 0.25) is 0 Å². The minimum absolute atomic E-state index is 0.514. The topological polar surface area (TPSA) is 21.3 Å². The maximum absolute atomic E-state index is 4.92. The minimum atomic E-state index is 0.514. The first kappa shape index (κ1) is 13.8. The van der Waals surface area contributed by atoms with Gasteiger partial charge in [-0.2, -0.15) is 5.48 Å². The molecule has 0 atom stereocenters. The quantitative estimate of drug-likeness (QED) is 0.811. The van der Waals surface area contributed by atoms with Crippen LogP contribution in [0.1, 0.15) is 30.9 Å². The van der Waals surface area contributed by atoms with Crippen molar-refractivity contribution >= 4 is 0 Å². The fourth-order valence-electron chi connectivity index (χ4n) is 2.24. The Morgan fingerprint density at radius 1 is 1.05 bits per heavy atom. The molecule has 0 bridgehead atoms. The van der Waals surface area contributed by atoms with E-state index in [0.717, 1.165) is 0 Å². The summed E-state index contributed by atoms with van der Waals surface area (Å²) in [7, 11) is 1.64. The van der Waals surface area contributed by atoms with Crippen molar-refractivity contribution in [1.82, 2.24) is 5.48 Å². The summed E-state index contributed by atoms with van der Waals surface area (Å²) >= 11 is 0. The largest absolute Gasteiger partial charge is 0.305 e. The molecule has 0 unspecified atom stereocenters. The van der Waals surface area contributed by atoms with Crippen molar-refractivity contribution in [2.45, 2.75) is 26.3 Å². The van der Waals surface area contributed by atoms with Crippen LogP contribution in [0, 0.1) is 0 Å². The first-order valence-corrected chi connectivity index (χ1v) is 6.66. The lowest BCUT2D eigenvalue weighted by Crippen LogP contribution is -2.11. The smallest absolute Gasteiger partial charge is 0.0572 e. The standard InChI is InChI=1S/C17H21NO/c1-13(2)16-10-9-14(12-18-19-3)11-17(16)15-7-5-4-6-8-15/h4-11,13,18H,12H2,1-3H3. The van der Waals surface area contributed by atoms with Crippen molar-refractivity contribution in [3.8, 4) is 11.1 Å². The van der Waals surface area contributed by atoms with Gasteiger partial charge in [0.15, 0.2) is 0 Å². The summed E-state index contributed by atoms with van der Waals surface area (Å²) in [6.07, 6.45) is 0.